The van der Waals surface area contributed by atoms with Crippen molar-refractivity contribution in [3.63, 3.8) is 0 Å². The van der Waals surface area contributed by atoms with Crippen LogP contribution in [0.15, 0.2) is 18.2 Å². The summed E-state index contributed by atoms with van der Waals surface area (Å²) in [6.45, 7) is 1.26. The molecule has 0 radical (unpaired) electrons. The summed E-state index contributed by atoms with van der Waals surface area (Å²) in [6.07, 6.45) is 8.22. The number of halogens is 1. The van der Waals surface area contributed by atoms with Gasteiger partial charge < -0.3 is 15.1 Å². The summed E-state index contributed by atoms with van der Waals surface area (Å²) >= 11 is 0. The topological polar surface area (TPSA) is 44.0 Å². The van der Waals surface area contributed by atoms with Crippen molar-refractivity contribution >= 4 is 17.0 Å². The van der Waals surface area contributed by atoms with Crippen LogP contribution in [0.1, 0.15) is 43.2 Å². The SMILES string of the molecule is Br.COc1ccc2c(c1)[C@@]13CCCC[C@@H]1[C@H](C2)N(C)CC3.O. The lowest BCUT2D eigenvalue weighted by Gasteiger charge is -2.58. The molecule has 0 unspecified atom stereocenters. The fourth-order valence-corrected chi connectivity index (χ4v) is 5.30. The van der Waals surface area contributed by atoms with Crippen LogP contribution in [0.5, 0.6) is 5.75 Å². The standard InChI is InChI=1S/C18H25NO.BrH.H2O/c1-19-10-9-18-8-4-3-5-15(18)17(19)11-13-6-7-14(20-2)12-16(13)18;;/h6-7,12,15,17H,3-5,8-11H2,1-2H3;1H;1H2/t15-,17+,18-;;/m1../s1. The van der Waals surface area contributed by atoms with E-state index in [9.17, 15) is 0 Å². The Kier molecular flexibility index (Phi) is 5.25. The van der Waals surface area contributed by atoms with E-state index in [2.05, 4.69) is 30.1 Å². The molecule has 1 aromatic carbocycles. The predicted molar refractivity (Wildman–Crippen MR) is 95.3 cm³/mol. The number of likely N-dealkylation sites (N-methyl/N-ethyl adjacent to an activating group) is 1. The second-order valence-electron chi connectivity index (χ2n) is 7.03. The average Bonchev–Trinajstić information content (AvgIpc) is 2.50. The van der Waals surface area contributed by atoms with Crippen molar-refractivity contribution in [2.24, 2.45) is 5.92 Å². The van der Waals surface area contributed by atoms with Crippen LogP contribution >= 0.6 is 17.0 Å². The highest BCUT2D eigenvalue weighted by atomic mass is 79.9. The molecule has 2 N–H and O–H groups in total. The summed E-state index contributed by atoms with van der Waals surface area (Å²) in [5, 5.41) is 0. The maximum atomic E-state index is 5.51. The van der Waals surface area contributed by atoms with Crippen molar-refractivity contribution in [1.29, 1.82) is 0 Å². The summed E-state index contributed by atoms with van der Waals surface area (Å²) < 4.78 is 5.51. The Bertz CT molecular complexity index is 536. The second kappa shape index (κ2) is 6.50. The van der Waals surface area contributed by atoms with E-state index >= 15 is 0 Å². The number of piperidine rings is 1. The fraction of sp³-hybridized carbons (Fsp3) is 0.667. The van der Waals surface area contributed by atoms with E-state index < -0.39 is 0 Å². The number of benzene rings is 1. The fourth-order valence-electron chi connectivity index (χ4n) is 5.30. The van der Waals surface area contributed by atoms with Crippen molar-refractivity contribution in [1.82, 2.24) is 4.90 Å². The van der Waals surface area contributed by atoms with Crippen molar-refractivity contribution in [2.75, 3.05) is 20.7 Å². The third kappa shape index (κ3) is 2.40. The number of likely N-dealkylation sites (tertiary alicyclic amines) is 1. The molecule has 1 aromatic rings. The number of hydrogen-bond donors (Lipinski definition) is 0. The molecule has 2 fully saturated rings. The number of hydrogen-bond acceptors (Lipinski definition) is 2. The average molecular weight is 370 g/mol. The molecule has 0 amide bonds. The molecular weight excluding hydrogens is 342 g/mol. The molecule has 2 aliphatic carbocycles. The Hall–Kier alpha value is -0.580. The highest BCUT2D eigenvalue weighted by Gasteiger charge is 2.53. The maximum Gasteiger partial charge on any atom is 0.119 e. The van der Waals surface area contributed by atoms with E-state index in [1.807, 2.05) is 0 Å². The summed E-state index contributed by atoms with van der Waals surface area (Å²) in [4.78, 5) is 2.63. The Morgan fingerprint density at radius 3 is 2.82 bits per heavy atom. The molecule has 1 saturated carbocycles. The number of nitrogens with zero attached hydrogens (tertiary/aromatic N) is 1. The van der Waals surface area contributed by atoms with E-state index in [1.54, 1.807) is 18.2 Å². The molecule has 1 aliphatic heterocycles. The molecular formula is C18H28BrNO2. The first kappa shape index (κ1) is 17.8. The molecule has 3 atom stereocenters. The summed E-state index contributed by atoms with van der Waals surface area (Å²) in [6, 6.07) is 7.60. The van der Waals surface area contributed by atoms with Crippen LogP contribution in [0.4, 0.5) is 0 Å². The van der Waals surface area contributed by atoms with Gasteiger partial charge in [-0.05, 0) is 68.5 Å². The van der Waals surface area contributed by atoms with Crippen LogP contribution in [-0.2, 0) is 11.8 Å². The van der Waals surface area contributed by atoms with Gasteiger partial charge in [0.05, 0.1) is 7.11 Å². The van der Waals surface area contributed by atoms with E-state index in [-0.39, 0.29) is 22.5 Å². The van der Waals surface area contributed by atoms with Crippen LogP contribution < -0.4 is 4.74 Å². The molecule has 3 aliphatic rings. The molecule has 1 saturated heterocycles. The lowest BCUT2D eigenvalue weighted by Crippen LogP contribution is -2.59. The van der Waals surface area contributed by atoms with Gasteiger partial charge in [0.25, 0.3) is 0 Å². The Morgan fingerprint density at radius 1 is 1.23 bits per heavy atom. The predicted octanol–water partition coefficient (Wildman–Crippen LogP) is 3.14. The van der Waals surface area contributed by atoms with Crippen molar-refractivity contribution in [3.05, 3.63) is 29.3 Å². The number of ether oxygens (including phenoxy) is 1. The van der Waals surface area contributed by atoms with Crippen LogP contribution in [0, 0.1) is 5.92 Å². The molecule has 124 valence electrons. The van der Waals surface area contributed by atoms with Gasteiger partial charge in [0.1, 0.15) is 5.75 Å². The van der Waals surface area contributed by atoms with Gasteiger partial charge in [-0.25, -0.2) is 0 Å². The molecule has 2 bridgehead atoms. The minimum atomic E-state index is 0. The highest BCUT2D eigenvalue weighted by Crippen LogP contribution is 2.55. The zero-order valence-electron chi connectivity index (χ0n) is 13.6. The third-order valence-electron chi connectivity index (χ3n) is 6.32. The lowest BCUT2D eigenvalue weighted by atomic mass is 9.52. The molecule has 0 aromatic heterocycles. The smallest absolute Gasteiger partial charge is 0.119 e. The Labute approximate surface area is 144 Å². The number of methoxy groups -OCH3 is 1. The first-order valence-corrected chi connectivity index (χ1v) is 8.12. The monoisotopic (exact) mass is 369 g/mol. The van der Waals surface area contributed by atoms with Crippen molar-refractivity contribution in [2.45, 2.75) is 50.0 Å². The maximum absolute atomic E-state index is 5.51. The molecule has 22 heavy (non-hydrogen) atoms. The van der Waals surface area contributed by atoms with Crippen molar-refractivity contribution < 1.29 is 10.2 Å². The van der Waals surface area contributed by atoms with E-state index in [4.69, 9.17) is 4.74 Å². The van der Waals surface area contributed by atoms with Gasteiger partial charge >= 0.3 is 0 Å². The summed E-state index contributed by atoms with van der Waals surface area (Å²) in [7, 11) is 4.12. The molecule has 4 rings (SSSR count). The molecule has 1 heterocycles. The van der Waals surface area contributed by atoms with Gasteiger partial charge in [0.2, 0.25) is 0 Å². The quantitative estimate of drug-likeness (QED) is 0.762. The van der Waals surface area contributed by atoms with Crippen LogP contribution in [0.3, 0.4) is 0 Å². The van der Waals surface area contributed by atoms with E-state index in [1.165, 1.54) is 45.1 Å². The minimum absolute atomic E-state index is 0. The minimum Gasteiger partial charge on any atom is -0.497 e. The van der Waals surface area contributed by atoms with Gasteiger partial charge in [-0.3, -0.25) is 0 Å². The zero-order valence-corrected chi connectivity index (χ0v) is 15.3. The molecule has 0 spiro atoms. The zero-order chi connectivity index (χ0) is 13.7. The van der Waals surface area contributed by atoms with Gasteiger partial charge in [-0.1, -0.05) is 18.9 Å². The molecule has 4 heteroatoms. The third-order valence-corrected chi connectivity index (χ3v) is 6.32. The van der Waals surface area contributed by atoms with Gasteiger partial charge in [-0.15, -0.1) is 17.0 Å². The summed E-state index contributed by atoms with van der Waals surface area (Å²) in [5.74, 6) is 1.91. The van der Waals surface area contributed by atoms with Crippen LogP contribution in [0.2, 0.25) is 0 Å². The van der Waals surface area contributed by atoms with Crippen LogP contribution in [0.25, 0.3) is 0 Å². The summed E-state index contributed by atoms with van der Waals surface area (Å²) in [5.41, 5.74) is 3.67. The first-order valence-electron chi connectivity index (χ1n) is 8.12. The van der Waals surface area contributed by atoms with Crippen molar-refractivity contribution in [3.8, 4) is 5.75 Å². The first-order chi connectivity index (χ1) is 9.74. The largest absolute Gasteiger partial charge is 0.497 e. The Balaban J connectivity index is 0.000000882. The van der Waals surface area contributed by atoms with Gasteiger partial charge in [0, 0.05) is 11.5 Å². The van der Waals surface area contributed by atoms with Gasteiger partial charge in [-0.2, -0.15) is 0 Å². The normalized spacial score (nSPS) is 32.8. The lowest BCUT2D eigenvalue weighted by molar-refractivity contribution is 0.00274. The van der Waals surface area contributed by atoms with E-state index in [0.717, 1.165) is 17.7 Å². The van der Waals surface area contributed by atoms with E-state index in [0.29, 0.717) is 5.41 Å². The number of fused-ring (bicyclic) bond motifs is 1. The Morgan fingerprint density at radius 2 is 2.05 bits per heavy atom. The highest BCUT2D eigenvalue weighted by molar-refractivity contribution is 8.93. The van der Waals surface area contributed by atoms with Crippen LogP contribution in [-0.4, -0.2) is 37.1 Å². The second-order valence-corrected chi connectivity index (χ2v) is 7.03. The van der Waals surface area contributed by atoms with Gasteiger partial charge in [0.15, 0.2) is 0 Å². The number of rotatable bonds is 1. The molecule has 3 nitrogen and oxygen atoms in total.